The molecular weight excluding hydrogens is 300 g/mol. The van der Waals surface area contributed by atoms with Crippen molar-refractivity contribution in [2.45, 2.75) is 39.7 Å². The van der Waals surface area contributed by atoms with Crippen LogP contribution in [0, 0.1) is 5.92 Å². The second-order valence-electron chi connectivity index (χ2n) is 6.57. The van der Waals surface area contributed by atoms with Crippen molar-refractivity contribution in [2.75, 3.05) is 27.2 Å². The minimum absolute atomic E-state index is 0.147. The molecule has 0 bridgehead atoms. The minimum Gasteiger partial charge on any atom is -0.465 e. The summed E-state index contributed by atoms with van der Waals surface area (Å²) in [6.07, 6.45) is 1.15. The fraction of sp³-hybridized carbons (Fsp3) is 0.688. The van der Waals surface area contributed by atoms with Crippen LogP contribution in [0.1, 0.15) is 34.1 Å². The van der Waals surface area contributed by atoms with Gasteiger partial charge in [0.25, 0.3) is 0 Å². The van der Waals surface area contributed by atoms with Gasteiger partial charge in [0.15, 0.2) is 5.78 Å². The topological polar surface area (TPSA) is 76.2 Å². The van der Waals surface area contributed by atoms with E-state index in [1.165, 1.54) is 11.1 Å². The van der Waals surface area contributed by atoms with Gasteiger partial charge in [-0.1, -0.05) is 0 Å². The first-order valence-electron chi connectivity index (χ1n) is 7.66. The van der Waals surface area contributed by atoms with Crippen molar-refractivity contribution in [2.24, 2.45) is 5.92 Å². The molecule has 1 fully saturated rings. The van der Waals surface area contributed by atoms with Gasteiger partial charge in [-0.2, -0.15) is 0 Å². The van der Waals surface area contributed by atoms with Gasteiger partial charge in [-0.25, -0.2) is 4.79 Å². The molecule has 0 spiro atoms. The van der Waals surface area contributed by atoms with E-state index in [1.54, 1.807) is 46.7 Å². The molecule has 7 nitrogen and oxygen atoms in total. The number of ketones is 1. The predicted molar refractivity (Wildman–Crippen MR) is 84.5 cm³/mol. The third-order valence-corrected chi connectivity index (χ3v) is 3.07. The summed E-state index contributed by atoms with van der Waals surface area (Å²) in [6.45, 7) is 7.40. The Labute approximate surface area is 137 Å². The summed E-state index contributed by atoms with van der Waals surface area (Å²) >= 11 is 0. The summed E-state index contributed by atoms with van der Waals surface area (Å²) in [5.74, 6) is -1.85. The number of esters is 1. The number of rotatable bonds is 3. The molecular formula is C16H26N2O5. The highest BCUT2D eigenvalue weighted by Gasteiger charge is 2.40. The average molecular weight is 326 g/mol. The van der Waals surface area contributed by atoms with Gasteiger partial charge < -0.3 is 14.4 Å². The predicted octanol–water partition coefficient (Wildman–Crippen LogP) is 1.78. The minimum atomic E-state index is -0.875. The van der Waals surface area contributed by atoms with Crippen LogP contribution in [0.3, 0.4) is 0 Å². The van der Waals surface area contributed by atoms with Crippen molar-refractivity contribution in [1.82, 2.24) is 9.80 Å². The number of hydrogen-bond acceptors (Lipinski definition) is 6. The molecule has 0 radical (unpaired) electrons. The van der Waals surface area contributed by atoms with Crippen molar-refractivity contribution in [3.63, 3.8) is 0 Å². The summed E-state index contributed by atoms with van der Waals surface area (Å²) < 4.78 is 10.3. The highest BCUT2D eigenvalue weighted by molar-refractivity contribution is 6.10. The third kappa shape index (κ3) is 5.26. The van der Waals surface area contributed by atoms with Crippen LogP contribution in [-0.4, -0.2) is 60.5 Å². The van der Waals surface area contributed by atoms with Crippen LogP contribution >= 0.6 is 0 Å². The van der Waals surface area contributed by atoms with Crippen LogP contribution in [0.25, 0.3) is 0 Å². The molecule has 0 N–H and O–H groups in total. The van der Waals surface area contributed by atoms with Gasteiger partial charge in [0.2, 0.25) is 0 Å². The van der Waals surface area contributed by atoms with Gasteiger partial charge in [0.1, 0.15) is 17.2 Å². The van der Waals surface area contributed by atoms with Gasteiger partial charge >= 0.3 is 12.1 Å². The number of ether oxygens (including phenoxy) is 2. The van der Waals surface area contributed by atoms with Crippen molar-refractivity contribution in [1.29, 1.82) is 0 Å². The lowest BCUT2D eigenvalue weighted by Gasteiger charge is -2.34. The first kappa shape index (κ1) is 19.0. The standard InChI is InChI=1S/C16H26N2O5/c1-7-22-14(20)11-8-9-18(15(21)23-16(2,3)4)12(13(11)19)10-17(5)6/h10-11H,7-9H2,1-6H3/b12-10-. The molecule has 1 saturated heterocycles. The first-order valence-corrected chi connectivity index (χ1v) is 7.66. The molecule has 1 heterocycles. The Balaban J connectivity index is 3.05. The molecule has 1 atom stereocenters. The zero-order valence-electron chi connectivity index (χ0n) is 14.7. The summed E-state index contributed by atoms with van der Waals surface area (Å²) in [5.41, 5.74) is -0.519. The van der Waals surface area contributed by atoms with Crippen molar-refractivity contribution >= 4 is 17.8 Å². The second kappa shape index (κ2) is 7.48. The molecule has 1 rings (SSSR count). The number of allylic oxidation sites excluding steroid dienone is 1. The summed E-state index contributed by atoms with van der Waals surface area (Å²) in [5, 5.41) is 0. The smallest absolute Gasteiger partial charge is 0.414 e. The molecule has 0 aromatic carbocycles. The molecule has 0 aromatic rings. The van der Waals surface area contributed by atoms with Gasteiger partial charge in [-0.05, 0) is 34.1 Å². The fourth-order valence-electron chi connectivity index (χ4n) is 2.17. The molecule has 1 aliphatic heterocycles. The van der Waals surface area contributed by atoms with Gasteiger partial charge in [-0.15, -0.1) is 0 Å². The van der Waals surface area contributed by atoms with Crippen LogP contribution in [0.4, 0.5) is 4.79 Å². The number of likely N-dealkylation sites (tertiary alicyclic amines) is 1. The zero-order valence-corrected chi connectivity index (χ0v) is 14.7. The van der Waals surface area contributed by atoms with E-state index in [2.05, 4.69) is 0 Å². The number of piperidine rings is 1. The quantitative estimate of drug-likeness (QED) is 0.447. The van der Waals surface area contributed by atoms with Crippen molar-refractivity contribution in [3.8, 4) is 0 Å². The van der Waals surface area contributed by atoms with Crippen molar-refractivity contribution < 1.29 is 23.9 Å². The Morgan fingerprint density at radius 3 is 2.43 bits per heavy atom. The van der Waals surface area contributed by atoms with E-state index >= 15 is 0 Å². The van der Waals surface area contributed by atoms with Crippen LogP contribution in [0.15, 0.2) is 11.9 Å². The number of Topliss-reactive ketones (excluding diaryl/α,β-unsaturated/α-hetero) is 1. The first-order chi connectivity index (χ1) is 10.6. The van der Waals surface area contributed by atoms with Gasteiger partial charge in [-0.3, -0.25) is 14.5 Å². The zero-order chi connectivity index (χ0) is 17.8. The van der Waals surface area contributed by atoms with Gasteiger partial charge in [0, 0.05) is 26.8 Å². The molecule has 1 unspecified atom stereocenters. The van der Waals surface area contributed by atoms with E-state index in [4.69, 9.17) is 9.47 Å². The molecule has 1 amide bonds. The maximum atomic E-state index is 12.6. The lowest BCUT2D eigenvalue weighted by Crippen LogP contribution is -2.47. The van der Waals surface area contributed by atoms with E-state index in [-0.39, 0.29) is 25.3 Å². The summed E-state index contributed by atoms with van der Waals surface area (Å²) in [7, 11) is 3.48. The molecule has 1 aliphatic rings. The van der Waals surface area contributed by atoms with E-state index < -0.39 is 29.4 Å². The maximum absolute atomic E-state index is 12.6. The van der Waals surface area contributed by atoms with E-state index in [0.717, 1.165) is 0 Å². The van der Waals surface area contributed by atoms with Crippen LogP contribution in [0.5, 0.6) is 0 Å². The Kier molecular flexibility index (Phi) is 6.18. The van der Waals surface area contributed by atoms with E-state index in [0.29, 0.717) is 0 Å². The van der Waals surface area contributed by atoms with Gasteiger partial charge in [0.05, 0.1) is 6.61 Å². The third-order valence-electron chi connectivity index (χ3n) is 3.07. The number of hydrogen-bond donors (Lipinski definition) is 0. The Hall–Kier alpha value is -2.05. The van der Waals surface area contributed by atoms with E-state index in [9.17, 15) is 14.4 Å². The van der Waals surface area contributed by atoms with E-state index in [1.807, 2.05) is 0 Å². The molecule has 130 valence electrons. The Bertz CT molecular complexity index is 505. The molecule has 0 aliphatic carbocycles. The monoisotopic (exact) mass is 326 g/mol. The Morgan fingerprint density at radius 1 is 1.35 bits per heavy atom. The number of carbonyl (C=O) groups is 3. The Morgan fingerprint density at radius 2 is 1.96 bits per heavy atom. The average Bonchev–Trinajstić information content (AvgIpc) is 2.38. The highest BCUT2D eigenvalue weighted by atomic mass is 16.6. The lowest BCUT2D eigenvalue weighted by atomic mass is 9.93. The van der Waals surface area contributed by atoms with Crippen LogP contribution in [0.2, 0.25) is 0 Å². The maximum Gasteiger partial charge on any atom is 0.414 e. The van der Waals surface area contributed by atoms with Crippen LogP contribution < -0.4 is 0 Å². The SMILES string of the molecule is CCOC(=O)C1CCN(C(=O)OC(C)(C)C)/C(=C\N(C)C)C1=O. The lowest BCUT2D eigenvalue weighted by molar-refractivity contribution is -0.152. The fourth-order valence-corrected chi connectivity index (χ4v) is 2.17. The van der Waals surface area contributed by atoms with Crippen LogP contribution in [-0.2, 0) is 19.1 Å². The number of carbonyl (C=O) groups excluding carboxylic acids is 3. The molecule has 0 saturated carbocycles. The number of nitrogens with zero attached hydrogens (tertiary/aromatic N) is 2. The molecule has 7 heteroatoms. The normalized spacial score (nSPS) is 20.4. The second-order valence-corrected chi connectivity index (χ2v) is 6.57. The molecule has 23 heavy (non-hydrogen) atoms. The highest BCUT2D eigenvalue weighted by Crippen LogP contribution is 2.26. The summed E-state index contributed by atoms with van der Waals surface area (Å²) in [6, 6.07) is 0. The number of amides is 1. The largest absolute Gasteiger partial charge is 0.465 e. The van der Waals surface area contributed by atoms with Crippen molar-refractivity contribution in [3.05, 3.63) is 11.9 Å². The molecule has 0 aromatic heterocycles. The summed E-state index contributed by atoms with van der Waals surface area (Å²) in [4.78, 5) is 39.8.